The smallest absolute Gasteiger partial charge is 0.307 e. The molecule has 0 aliphatic rings. The molecule has 0 radical (unpaired) electrons. The monoisotopic (exact) mass is 289 g/mol. The number of H-pyrrole nitrogens is 1. The summed E-state index contributed by atoms with van der Waals surface area (Å²) in [5.41, 5.74) is 0. The number of aliphatic carboxylic acids is 1. The third-order valence-corrected chi connectivity index (χ3v) is 3.93. The number of carboxylic acids is 1. The molecule has 0 aromatic carbocycles. The Hall–Kier alpha value is -1.41. The minimum Gasteiger partial charge on any atom is -0.481 e. The molecule has 1 unspecified atom stereocenters. The predicted octanol–water partition coefficient (Wildman–Crippen LogP) is 0.743. The number of hydrogen-bond donors (Lipinski definition) is 3. The number of sulfonamides is 1. The van der Waals surface area contributed by atoms with Crippen molar-refractivity contribution < 1.29 is 18.3 Å². The number of carboxylic acid groups (broad SMARTS) is 1. The Morgan fingerprint density at radius 2 is 2.16 bits per heavy atom. The Kier molecular flexibility index (Phi) is 5.07. The lowest BCUT2D eigenvalue weighted by Crippen LogP contribution is -2.33. The highest BCUT2D eigenvalue weighted by Gasteiger charge is 2.23. The van der Waals surface area contributed by atoms with E-state index in [1.54, 1.807) is 6.92 Å². The molecule has 7 nitrogen and oxygen atoms in total. The number of imidazole rings is 1. The molecule has 19 heavy (non-hydrogen) atoms. The molecule has 0 bridgehead atoms. The van der Waals surface area contributed by atoms with Gasteiger partial charge in [0.2, 0.25) is 0 Å². The average molecular weight is 289 g/mol. The predicted molar refractivity (Wildman–Crippen MR) is 69.1 cm³/mol. The van der Waals surface area contributed by atoms with Gasteiger partial charge in [0.1, 0.15) is 5.82 Å². The first kappa shape index (κ1) is 15.6. The highest BCUT2D eigenvalue weighted by Crippen LogP contribution is 2.12. The number of aryl methyl sites for hydroxylation is 1. The van der Waals surface area contributed by atoms with Gasteiger partial charge in [-0.25, -0.2) is 18.1 Å². The lowest BCUT2D eigenvalue weighted by molar-refractivity contribution is -0.142. The summed E-state index contributed by atoms with van der Waals surface area (Å²) in [5.74, 6) is -1.08. The summed E-state index contributed by atoms with van der Waals surface area (Å²) >= 11 is 0. The quantitative estimate of drug-likeness (QED) is 0.685. The van der Waals surface area contributed by atoms with Crippen LogP contribution in [0.3, 0.4) is 0 Å². The standard InChI is InChI=1S/C11H19N3O4S/c1-7(2)4-9(11(15)16)5-13-19(17,18)10-6-12-8(3)14-10/h6-7,9,13H,4-5H2,1-3H3,(H,12,14)(H,15,16). The van der Waals surface area contributed by atoms with Gasteiger partial charge in [-0.15, -0.1) is 0 Å². The summed E-state index contributed by atoms with van der Waals surface area (Å²) in [7, 11) is -3.74. The normalized spacial score (nSPS) is 13.7. The molecule has 0 fully saturated rings. The minimum atomic E-state index is -3.74. The SMILES string of the molecule is Cc1ncc(S(=O)(=O)NCC(CC(C)C)C(=O)O)[nH]1. The average Bonchev–Trinajstić information content (AvgIpc) is 2.71. The van der Waals surface area contributed by atoms with Crippen molar-refractivity contribution in [3.05, 3.63) is 12.0 Å². The summed E-state index contributed by atoms with van der Waals surface area (Å²) in [6.45, 7) is 5.29. The Morgan fingerprint density at radius 3 is 2.58 bits per heavy atom. The van der Waals surface area contributed by atoms with Crippen LogP contribution in [0.5, 0.6) is 0 Å². The van der Waals surface area contributed by atoms with Gasteiger partial charge in [0.15, 0.2) is 5.03 Å². The second-order valence-electron chi connectivity index (χ2n) is 4.85. The zero-order chi connectivity index (χ0) is 14.6. The maximum atomic E-state index is 11.9. The second kappa shape index (κ2) is 6.16. The highest BCUT2D eigenvalue weighted by atomic mass is 32.2. The number of rotatable bonds is 7. The molecule has 0 spiro atoms. The van der Waals surface area contributed by atoms with Crippen LogP contribution < -0.4 is 4.72 Å². The van der Waals surface area contributed by atoms with E-state index in [4.69, 9.17) is 5.11 Å². The summed E-state index contributed by atoms with van der Waals surface area (Å²) in [5, 5.41) is 8.98. The maximum Gasteiger partial charge on any atom is 0.307 e. The number of nitrogens with one attached hydrogen (secondary N) is 2. The number of hydrogen-bond acceptors (Lipinski definition) is 4. The molecular weight excluding hydrogens is 270 g/mol. The molecule has 0 saturated carbocycles. The van der Waals surface area contributed by atoms with Crippen LogP contribution in [0.2, 0.25) is 0 Å². The van der Waals surface area contributed by atoms with E-state index in [0.29, 0.717) is 12.2 Å². The molecule has 108 valence electrons. The molecule has 3 N–H and O–H groups in total. The molecule has 0 aliphatic carbocycles. The van der Waals surface area contributed by atoms with Crippen LogP contribution in [0.25, 0.3) is 0 Å². The second-order valence-corrected chi connectivity index (χ2v) is 6.58. The van der Waals surface area contributed by atoms with E-state index in [9.17, 15) is 13.2 Å². The van der Waals surface area contributed by atoms with Crippen molar-refractivity contribution in [3.63, 3.8) is 0 Å². The topological polar surface area (TPSA) is 112 Å². The van der Waals surface area contributed by atoms with Crippen LogP contribution in [0.4, 0.5) is 0 Å². The summed E-state index contributed by atoms with van der Waals surface area (Å²) in [6.07, 6.45) is 1.62. The summed E-state index contributed by atoms with van der Waals surface area (Å²) in [6, 6.07) is 0. The number of carbonyl (C=O) groups is 1. The van der Waals surface area contributed by atoms with Gasteiger partial charge in [-0.3, -0.25) is 4.79 Å². The largest absolute Gasteiger partial charge is 0.481 e. The Balaban J connectivity index is 2.71. The van der Waals surface area contributed by atoms with E-state index < -0.39 is 21.9 Å². The molecule has 1 rings (SSSR count). The molecule has 1 heterocycles. The lowest BCUT2D eigenvalue weighted by Gasteiger charge is -2.15. The van der Waals surface area contributed by atoms with Crippen LogP contribution in [-0.2, 0) is 14.8 Å². The van der Waals surface area contributed by atoms with Gasteiger partial charge in [-0.2, -0.15) is 0 Å². The van der Waals surface area contributed by atoms with E-state index in [1.165, 1.54) is 6.20 Å². The lowest BCUT2D eigenvalue weighted by atomic mass is 9.98. The first-order valence-corrected chi connectivity index (χ1v) is 7.44. The Morgan fingerprint density at radius 1 is 1.53 bits per heavy atom. The Bertz CT molecular complexity index is 536. The van der Waals surface area contributed by atoms with Gasteiger partial charge < -0.3 is 10.1 Å². The Labute approximate surface area is 112 Å². The molecule has 8 heteroatoms. The van der Waals surface area contributed by atoms with Crippen molar-refractivity contribution >= 4 is 16.0 Å². The van der Waals surface area contributed by atoms with Gasteiger partial charge in [-0.1, -0.05) is 13.8 Å². The van der Waals surface area contributed by atoms with Crippen LogP contribution in [0.1, 0.15) is 26.1 Å². The molecule has 0 aliphatic heterocycles. The van der Waals surface area contributed by atoms with Crippen molar-refractivity contribution in [3.8, 4) is 0 Å². The fraction of sp³-hybridized carbons (Fsp3) is 0.636. The first-order chi connectivity index (χ1) is 8.72. The third kappa shape index (κ3) is 4.64. The van der Waals surface area contributed by atoms with Crippen molar-refractivity contribution in [2.75, 3.05) is 6.54 Å². The van der Waals surface area contributed by atoms with Crippen molar-refractivity contribution in [1.82, 2.24) is 14.7 Å². The maximum absolute atomic E-state index is 11.9. The van der Waals surface area contributed by atoms with Crippen LogP contribution in [0, 0.1) is 18.8 Å². The van der Waals surface area contributed by atoms with Crippen LogP contribution in [-0.4, -0.2) is 36.0 Å². The highest BCUT2D eigenvalue weighted by molar-refractivity contribution is 7.89. The fourth-order valence-electron chi connectivity index (χ4n) is 1.66. The van der Waals surface area contributed by atoms with Gasteiger partial charge in [-0.05, 0) is 19.3 Å². The zero-order valence-corrected chi connectivity index (χ0v) is 12.0. The number of aromatic amines is 1. The van der Waals surface area contributed by atoms with Crippen LogP contribution >= 0.6 is 0 Å². The van der Waals surface area contributed by atoms with E-state index in [2.05, 4.69) is 14.7 Å². The van der Waals surface area contributed by atoms with Gasteiger partial charge in [0, 0.05) is 6.54 Å². The van der Waals surface area contributed by atoms with E-state index in [1.807, 2.05) is 13.8 Å². The molecule has 1 aromatic heterocycles. The zero-order valence-electron chi connectivity index (χ0n) is 11.2. The fourth-order valence-corrected chi connectivity index (χ4v) is 2.71. The van der Waals surface area contributed by atoms with Gasteiger partial charge in [0.25, 0.3) is 10.0 Å². The van der Waals surface area contributed by atoms with E-state index in [-0.39, 0.29) is 17.5 Å². The first-order valence-electron chi connectivity index (χ1n) is 5.96. The summed E-state index contributed by atoms with van der Waals surface area (Å²) < 4.78 is 26.1. The minimum absolute atomic E-state index is 0.0568. The third-order valence-electron chi connectivity index (χ3n) is 2.59. The molecule has 1 aromatic rings. The molecule has 0 amide bonds. The molecule has 0 saturated heterocycles. The number of nitrogens with zero attached hydrogens (tertiary/aromatic N) is 1. The van der Waals surface area contributed by atoms with Crippen molar-refractivity contribution in [2.24, 2.45) is 11.8 Å². The van der Waals surface area contributed by atoms with Crippen molar-refractivity contribution in [1.29, 1.82) is 0 Å². The van der Waals surface area contributed by atoms with Crippen molar-refractivity contribution in [2.45, 2.75) is 32.2 Å². The van der Waals surface area contributed by atoms with Gasteiger partial charge >= 0.3 is 5.97 Å². The van der Waals surface area contributed by atoms with E-state index >= 15 is 0 Å². The van der Waals surface area contributed by atoms with E-state index in [0.717, 1.165) is 0 Å². The summed E-state index contributed by atoms with van der Waals surface area (Å²) in [4.78, 5) is 17.4. The van der Waals surface area contributed by atoms with Crippen LogP contribution in [0.15, 0.2) is 11.2 Å². The molecule has 1 atom stereocenters. The van der Waals surface area contributed by atoms with Gasteiger partial charge in [0.05, 0.1) is 12.1 Å². The molecular formula is C11H19N3O4S. The number of aromatic nitrogens is 2.